The Hall–Kier alpha value is -2.62. The Bertz CT molecular complexity index is 660. The van der Waals surface area contributed by atoms with Crippen LogP contribution < -0.4 is 0 Å². The predicted octanol–water partition coefficient (Wildman–Crippen LogP) is 4.07. The molecule has 4 heteroatoms. The van der Waals surface area contributed by atoms with Crippen molar-refractivity contribution in [1.82, 2.24) is 0 Å². The molecule has 0 heterocycles. The molecule has 2 aromatic rings. The second kappa shape index (κ2) is 10.2. The molecule has 24 heavy (non-hydrogen) atoms. The molecule has 0 saturated heterocycles. The molecule has 0 fully saturated rings. The minimum atomic E-state index is -0.280. The van der Waals surface area contributed by atoms with Crippen molar-refractivity contribution in [2.24, 2.45) is 0 Å². The normalized spacial score (nSPS) is 9.50. The summed E-state index contributed by atoms with van der Waals surface area (Å²) in [6.07, 6.45) is 1.92. The van der Waals surface area contributed by atoms with Gasteiger partial charge in [0.15, 0.2) is 0 Å². The van der Waals surface area contributed by atoms with E-state index in [1.54, 1.807) is 18.2 Å². The molecule has 0 aromatic heterocycles. The lowest BCUT2D eigenvalue weighted by molar-refractivity contribution is 0.0592. The van der Waals surface area contributed by atoms with Crippen LogP contribution in [0.3, 0.4) is 0 Å². The Morgan fingerprint density at radius 3 is 1.79 bits per heavy atom. The number of benzene rings is 2. The molecule has 0 amide bonds. The number of ether oxygens (including phenoxy) is 2. The highest BCUT2D eigenvalue weighted by atomic mass is 16.5. The maximum atomic E-state index is 11.1. The molecule has 0 atom stereocenters. The van der Waals surface area contributed by atoms with Gasteiger partial charge in [0, 0.05) is 0 Å². The average Bonchev–Trinajstić information content (AvgIpc) is 2.67. The van der Waals surface area contributed by atoms with Gasteiger partial charge in [0.05, 0.1) is 25.3 Å². The quantitative estimate of drug-likeness (QED) is 0.794. The van der Waals surface area contributed by atoms with E-state index < -0.39 is 0 Å². The maximum absolute atomic E-state index is 11.1. The van der Waals surface area contributed by atoms with E-state index >= 15 is 0 Å². The van der Waals surface area contributed by atoms with Crippen LogP contribution in [-0.2, 0) is 22.3 Å². The molecule has 0 spiro atoms. The van der Waals surface area contributed by atoms with E-state index in [9.17, 15) is 9.59 Å². The summed E-state index contributed by atoms with van der Waals surface area (Å²) in [5.41, 5.74) is 3.60. The first kappa shape index (κ1) is 19.4. The fourth-order valence-electron chi connectivity index (χ4n) is 2.03. The van der Waals surface area contributed by atoms with Crippen LogP contribution in [-0.4, -0.2) is 26.2 Å². The van der Waals surface area contributed by atoms with Gasteiger partial charge in [-0.2, -0.15) is 0 Å². The molecule has 0 aliphatic rings. The Labute approximate surface area is 143 Å². The van der Waals surface area contributed by atoms with Gasteiger partial charge in [-0.25, -0.2) is 9.59 Å². The molecule has 0 radical (unpaired) electrons. The van der Waals surface area contributed by atoms with Crippen molar-refractivity contribution < 1.29 is 19.1 Å². The number of esters is 2. The van der Waals surface area contributed by atoms with Gasteiger partial charge in [-0.15, -0.1) is 0 Å². The lowest BCUT2D eigenvalue weighted by atomic mass is 10.1. The highest BCUT2D eigenvalue weighted by Gasteiger charge is 2.04. The summed E-state index contributed by atoms with van der Waals surface area (Å²) in [5.74, 6) is -0.553. The standard InChI is InChI=1S/2C10H12O2/c1-3-8-4-6-9(7-5-8)10(11)12-2;1-3-8-5-4-6-9(7-8)10(11)12-2/h2*4-7H,3H2,1-2H3. The third kappa shape index (κ3) is 5.88. The van der Waals surface area contributed by atoms with Crippen molar-refractivity contribution in [2.75, 3.05) is 14.2 Å². The first-order valence-electron chi connectivity index (χ1n) is 7.90. The van der Waals surface area contributed by atoms with E-state index in [0.29, 0.717) is 11.1 Å². The molecule has 4 nitrogen and oxygen atoms in total. The lowest BCUT2D eigenvalue weighted by Crippen LogP contribution is -2.01. The first-order valence-corrected chi connectivity index (χ1v) is 7.90. The predicted molar refractivity (Wildman–Crippen MR) is 94.3 cm³/mol. The van der Waals surface area contributed by atoms with Crippen molar-refractivity contribution >= 4 is 11.9 Å². The van der Waals surface area contributed by atoms with Gasteiger partial charge >= 0.3 is 11.9 Å². The summed E-state index contributed by atoms with van der Waals surface area (Å²) in [5, 5.41) is 0. The zero-order chi connectivity index (χ0) is 17.9. The monoisotopic (exact) mass is 328 g/mol. The average molecular weight is 328 g/mol. The molecule has 0 aliphatic heterocycles. The fraction of sp³-hybridized carbons (Fsp3) is 0.300. The van der Waals surface area contributed by atoms with E-state index in [0.717, 1.165) is 18.4 Å². The number of hydrogen-bond acceptors (Lipinski definition) is 4. The van der Waals surface area contributed by atoms with Crippen molar-refractivity contribution in [1.29, 1.82) is 0 Å². The number of carbonyl (C=O) groups is 2. The lowest BCUT2D eigenvalue weighted by Gasteiger charge is -2.00. The molecule has 0 aliphatic carbocycles. The molecule has 2 rings (SSSR count). The van der Waals surface area contributed by atoms with Crippen LogP contribution in [0, 0.1) is 0 Å². The van der Waals surface area contributed by atoms with Crippen molar-refractivity contribution in [3.63, 3.8) is 0 Å². The second-order valence-corrected chi connectivity index (χ2v) is 5.09. The number of hydrogen-bond donors (Lipinski definition) is 0. The van der Waals surface area contributed by atoms with Crippen LogP contribution in [0.15, 0.2) is 48.5 Å². The van der Waals surface area contributed by atoms with Crippen LogP contribution in [0.4, 0.5) is 0 Å². The first-order chi connectivity index (χ1) is 11.5. The van der Waals surface area contributed by atoms with E-state index in [1.807, 2.05) is 30.3 Å². The third-order valence-electron chi connectivity index (χ3n) is 3.54. The highest BCUT2D eigenvalue weighted by Crippen LogP contribution is 2.07. The highest BCUT2D eigenvalue weighted by molar-refractivity contribution is 5.89. The number of carbonyl (C=O) groups excluding carboxylic acids is 2. The van der Waals surface area contributed by atoms with E-state index in [2.05, 4.69) is 23.3 Å². The summed E-state index contributed by atoms with van der Waals surface area (Å²) in [7, 11) is 2.77. The minimum absolute atomic E-state index is 0.273. The van der Waals surface area contributed by atoms with E-state index in [1.165, 1.54) is 19.8 Å². The second-order valence-electron chi connectivity index (χ2n) is 5.09. The summed E-state index contributed by atoms with van der Waals surface area (Å²) in [4.78, 5) is 22.1. The van der Waals surface area contributed by atoms with Crippen molar-refractivity contribution in [3.8, 4) is 0 Å². The van der Waals surface area contributed by atoms with Crippen molar-refractivity contribution in [2.45, 2.75) is 26.7 Å². The Morgan fingerprint density at radius 1 is 0.750 bits per heavy atom. The van der Waals surface area contributed by atoms with Crippen LogP contribution in [0.5, 0.6) is 0 Å². The van der Waals surface area contributed by atoms with Crippen LogP contribution in [0.2, 0.25) is 0 Å². The van der Waals surface area contributed by atoms with Gasteiger partial charge < -0.3 is 9.47 Å². The third-order valence-corrected chi connectivity index (χ3v) is 3.54. The van der Waals surface area contributed by atoms with Crippen LogP contribution in [0.1, 0.15) is 45.7 Å². The number of rotatable bonds is 4. The van der Waals surface area contributed by atoms with E-state index in [-0.39, 0.29) is 11.9 Å². The van der Waals surface area contributed by atoms with Gasteiger partial charge in [-0.05, 0) is 48.2 Å². The van der Waals surface area contributed by atoms with Gasteiger partial charge in [-0.1, -0.05) is 38.1 Å². The number of aryl methyl sites for hydroxylation is 2. The molecule has 0 saturated carbocycles. The fourth-order valence-corrected chi connectivity index (χ4v) is 2.03. The molecule has 2 aromatic carbocycles. The summed E-state index contributed by atoms with van der Waals surface area (Å²) < 4.78 is 9.17. The summed E-state index contributed by atoms with van der Waals surface area (Å²) in [6, 6.07) is 14.9. The number of methoxy groups -OCH3 is 2. The largest absolute Gasteiger partial charge is 0.465 e. The molecule has 0 unspecified atom stereocenters. The topological polar surface area (TPSA) is 52.6 Å². The van der Waals surface area contributed by atoms with Crippen LogP contribution in [0.25, 0.3) is 0 Å². The SMILES string of the molecule is CCc1ccc(C(=O)OC)cc1.CCc1cccc(C(=O)OC)c1. The molecule has 128 valence electrons. The Morgan fingerprint density at radius 2 is 1.29 bits per heavy atom. The zero-order valence-corrected chi connectivity index (χ0v) is 14.7. The minimum Gasteiger partial charge on any atom is -0.465 e. The molecule has 0 bridgehead atoms. The van der Waals surface area contributed by atoms with Gasteiger partial charge in [-0.3, -0.25) is 0 Å². The Balaban J connectivity index is 0.000000240. The van der Waals surface area contributed by atoms with Gasteiger partial charge in [0.1, 0.15) is 0 Å². The maximum Gasteiger partial charge on any atom is 0.337 e. The molecule has 0 N–H and O–H groups in total. The van der Waals surface area contributed by atoms with Crippen LogP contribution >= 0.6 is 0 Å². The Kier molecular flexibility index (Phi) is 8.26. The van der Waals surface area contributed by atoms with Gasteiger partial charge in [0.2, 0.25) is 0 Å². The van der Waals surface area contributed by atoms with E-state index in [4.69, 9.17) is 0 Å². The zero-order valence-electron chi connectivity index (χ0n) is 14.7. The van der Waals surface area contributed by atoms with Crippen molar-refractivity contribution in [3.05, 3.63) is 70.8 Å². The summed E-state index contributed by atoms with van der Waals surface area (Å²) >= 11 is 0. The molecular formula is C20H24O4. The van der Waals surface area contributed by atoms with Gasteiger partial charge in [0.25, 0.3) is 0 Å². The smallest absolute Gasteiger partial charge is 0.337 e. The summed E-state index contributed by atoms with van der Waals surface area (Å²) in [6.45, 7) is 4.13. The molecular weight excluding hydrogens is 304 g/mol.